The Kier molecular flexibility index (Phi) is 6.59. The molecule has 5 nitrogen and oxygen atoms in total. The standard InChI is InChI=1S/C20H23F2N3O2/c1-23-20(24-8-6-14-4-2-3-5-18(14)22)25-9-7-15-10-17(21)11-16-12-26-13-27-19(15)16/h2-5,10-11H,6-9,12-13H2,1H3,(H2,23,24,25). The molecule has 1 aliphatic heterocycles. The maximum atomic E-state index is 13.8. The maximum Gasteiger partial charge on any atom is 0.190 e. The van der Waals surface area contributed by atoms with Crippen LogP contribution >= 0.6 is 0 Å². The SMILES string of the molecule is CN=C(NCCc1ccccc1F)NCCc1cc(F)cc2c1OCOC2. The van der Waals surface area contributed by atoms with Crippen LogP contribution in [0.15, 0.2) is 41.4 Å². The third kappa shape index (κ3) is 5.17. The highest BCUT2D eigenvalue weighted by molar-refractivity contribution is 5.79. The highest BCUT2D eigenvalue weighted by Crippen LogP contribution is 2.29. The molecular formula is C20H23F2N3O2. The molecule has 1 heterocycles. The molecule has 0 unspecified atom stereocenters. The van der Waals surface area contributed by atoms with Crippen LogP contribution in [-0.2, 0) is 24.2 Å². The van der Waals surface area contributed by atoms with Gasteiger partial charge in [0.05, 0.1) is 6.61 Å². The first-order valence-electron chi connectivity index (χ1n) is 8.87. The Hall–Kier alpha value is -2.67. The molecule has 0 spiro atoms. The Morgan fingerprint density at radius 2 is 1.81 bits per heavy atom. The van der Waals surface area contributed by atoms with Crippen LogP contribution in [-0.4, -0.2) is 32.9 Å². The fourth-order valence-electron chi connectivity index (χ4n) is 3.00. The molecule has 1 aliphatic rings. The number of aliphatic imine (C=N–C) groups is 1. The van der Waals surface area contributed by atoms with Crippen LogP contribution in [0, 0.1) is 11.6 Å². The van der Waals surface area contributed by atoms with Crippen LogP contribution in [0.5, 0.6) is 5.75 Å². The molecule has 0 atom stereocenters. The largest absolute Gasteiger partial charge is 0.467 e. The van der Waals surface area contributed by atoms with E-state index >= 15 is 0 Å². The van der Waals surface area contributed by atoms with Gasteiger partial charge in [-0.05, 0) is 42.2 Å². The van der Waals surface area contributed by atoms with Crippen molar-refractivity contribution in [1.82, 2.24) is 10.6 Å². The van der Waals surface area contributed by atoms with E-state index < -0.39 is 0 Å². The lowest BCUT2D eigenvalue weighted by Crippen LogP contribution is -2.39. The van der Waals surface area contributed by atoms with Gasteiger partial charge in [-0.2, -0.15) is 0 Å². The summed E-state index contributed by atoms with van der Waals surface area (Å²) >= 11 is 0. The number of hydrogen-bond donors (Lipinski definition) is 2. The molecule has 0 saturated heterocycles. The summed E-state index contributed by atoms with van der Waals surface area (Å²) in [6.45, 7) is 1.64. The first-order valence-corrected chi connectivity index (χ1v) is 8.87. The van der Waals surface area contributed by atoms with Gasteiger partial charge < -0.3 is 20.1 Å². The van der Waals surface area contributed by atoms with Gasteiger partial charge in [0.1, 0.15) is 17.4 Å². The van der Waals surface area contributed by atoms with Crippen molar-refractivity contribution < 1.29 is 18.3 Å². The summed E-state index contributed by atoms with van der Waals surface area (Å²) < 4.78 is 38.1. The molecule has 2 aromatic rings. The van der Waals surface area contributed by atoms with Crippen molar-refractivity contribution >= 4 is 5.96 Å². The number of nitrogens with one attached hydrogen (secondary N) is 2. The Balaban J connectivity index is 1.49. The molecule has 2 N–H and O–H groups in total. The first-order chi connectivity index (χ1) is 13.2. The summed E-state index contributed by atoms with van der Waals surface area (Å²) in [5.74, 6) is 0.806. The lowest BCUT2D eigenvalue weighted by Gasteiger charge is -2.21. The second kappa shape index (κ2) is 9.32. The fourth-order valence-corrected chi connectivity index (χ4v) is 3.00. The number of benzene rings is 2. The van der Waals surface area contributed by atoms with E-state index in [1.54, 1.807) is 19.2 Å². The Bertz CT molecular complexity index is 812. The number of hydrogen-bond acceptors (Lipinski definition) is 3. The van der Waals surface area contributed by atoms with Crippen molar-refractivity contribution in [3.05, 3.63) is 64.7 Å². The van der Waals surface area contributed by atoms with Gasteiger partial charge in [-0.1, -0.05) is 18.2 Å². The number of fused-ring (bicyclic) bond motifs is 1. The average molecular weight is 375 g/mol. The van der Waals surface area contributed by atoms with E-state index in [1.807, 2.05) is 6.07 Å². The summed E-state index contributed by atoms with van der Waals surface area (Å²) in [5.41, 5.74) is 2.18. The van der Waals surface area contributed by atoms with Crippen LogP contribution < -0.4 is 15.4 Å². The van der Waals surface area contributed by atoms with Gasteiger partial charge in [0.25, 0.3) is 0 Å². The van der Waals surface area contributed by atoms with E-state index in [9.17, 15) is 8.78 Å². The molecule has 2 aromatic carbocycles. The minimum Gasteiger partial charge on any atom is -0.467 e. The van der Waals surface area contributed by atoms with Crippen molar-refractivity contribution in [3.63, 3.8) is 0 Å². The topological polar surface area (TPSA) is 54.9 Å². The number of halogens is 2. The average Bonchev–Trinajstić information content (AvgIpc) is 2.68. The zero-order valence-corrected chi connectivity index (χ0v) is 15.2. The minimum absolute atomic E-state index is 0.179. The molecule has 3 rings (SSSR count). The van der Waals surface area contributed by atoms with Crippen molar-refractivity contribution in [3.8, 4) is 5.75 Å². The van der Waals surface area contributed by atoms with Gasteiger partial charge in [-0.3, -0.25) is 4.99 Å². The van der Waals surface area contributed by atoms with Gasteiger partial charge in [0.15, 0.2) is 12.8 Å². The van der Waals surface area contributed by atoms with Crippen LogP contribution in [0.1, 0.15) is 16.7 Å². The lowest BCUT2D eigenvalue weighted by atomic mass is 10.1. The van der Waals surface area contributed by atoms with Crippen molar-refractivity contribution in [1.29, 1.82) is 0 Å². The molecule has 0 aliphatic carbocycles. The number of ether oxygens (including phenoxy) is 2. The summed E-state index contributed by atoms with van der Waals surface area (Å²) in [5, 5.41) is 6.33. The van der Waals surface area contributed by atoms with Gasteiger partial charge in [-0.25, -0.2) is 8.78 Å². The van der Waals surface area contributed by atoms with Crippen LogP contribution in [0.2, 0.25) is 0 Å². The van der Waals surface area contributed by atoms with E-state index in [0.717, 1.165) is 11.1 Å². The van der Waals surface area contributed by atoms with Crippen LogP contribution in [0.4, 0.5) is 8.78 Å². The summed E-state index contributed by atoms with van der Waals surface area (Å²) in [7, 11) is 1.67. The molecule has 0 bridgehead atoms. The quantitative estimate of drug-likeness (QED) is 0.602. The van der Waals surface area contributed by atoms with Crippen molar-refractivity contribution in [2.45, 2.75) is 19.4 Å². The van der Waals surface area contributed by atoms with Crippen LogP contribution in [0.3, 0.4) is 0 Å². The maximum absolute atomic E-state index is 13.8. The van der Waals surface area contributed by atoms with E-state index in [1.165, 1.54) is 18.2 Å². The molecular weight excluding hydrogens is 352 g/mol. The van der Waals surface area contributed by atoms with Gasteiger partial charge in [0.2, 0.25) is 0 Å². The normalized spacial score (nSPS) is 13.7. The second-order valence-corrected chi connectivity index (χ2v) is 6.18. The van der Waals surface area contributed by atoms with E-state index in [0.29, 0.717) is 49.8 Å². The molecule has 27 heavy (non-hydrogen) atoms. The summed E-state index contributed by atoms with van der Waals surface area (Å²) in [6.07, 6.45) is 1.13. The molecule has 144 valence electrons. The van der Waals surface area contributed by atoms with Gasteiger partial charge >= 0.3 is 0 Å². The number of guanidine groups is 1. The third-order valence-corrected chi connectivity index (χ3v) is 4.31. The van der Waals surface area contributed by atoms with Gasteiger partial charge in [0, 0.05) is 25.7 Å². The molecule has 0 radical (unpaired) electrons. The Morgan fingerprint density at radius 3 is 2.56 bits per heavy atom. The predicted molar refractivity (Wildman–Crippen MR) is 99.9 cm³/mol. The molecule has 0 saturated carbocycles. The van der Waals surface area contributed by atoms with Crippen molar-refractivity contribution in [2.24, 2.45) is 4.99 Å². The molecule has 0 fully saturated rings. The van der Waals surface area contributed by atoms with Crippen molar-refractivity contribution in [2.75, 3.05) is 26.9 Å². The third-order valence-electron chi connectivity index (χ3n) is 4.31. The molecule has 0 amide bonds. The summed E-state index contributed by atoms with van der Waals surface area (Å²) in [6, 6.07) is 9.64. The monoisotopic (exact) mass is 375 g/mol. The zero-order valence-electron chi connectivity index (χ0n) is 15.2. The fraction of sp³-hybridized carbons (Fsp3) is 0.350. The number of rotatable bonds is 6. The Morgan fingerprint density at radius 1 is 1.07 bits per heavy atom. The zero-order chi connectivity index (χ0) is 19.1. The Labute approximate surface area is 157 Å². The predicted octanol–water partition coefficient (Wildman–Crippen LogP) is 2.78. The van der Waals surface area contributed by atoms with Gasteiger partial charge in [-0.15, -0.1) is 0 Å². The minimum atomic E-state index is -0.301. The smallest absolute Gasteiger partial charge is 0.190 e. The lowest BCUT2D eigenvalue weighted by molar-refractivity contribution is -0.0172. The molecule has 0 aromatic heterocycles. The highest BCUT2D eigenvalue weighted by atomic mass is 19.1. The summed E-state index contributed by atoms with van der Waals surface area (Å²) in [4.78, 5) is 4.15. The van der Waals surface area contributed by atoms with E-state index in [2.05, 4.69) is 15.6 Å². The van der Waals surface area contributed by atoms with E-state index in [-0.39, 0.29) is 18.4 Å². The highest BCUT2D eigenvalue weighted by Gasteiger charge is 2.16. The van der Waals surface area contributed by atoms with E-state index in [4.69, 9.17) is 9.47 Å². The number of nitrogens with zero attached hydrogens (tertiary/aromatic N) is 1. The van der Waals surface area contributed by atoms with Crippen LogP contribution in [0.25, 0.3) is 0 Å². The second-order valence-electron chi connectivity index (χ2n) is 6.18. The first kappa shape index (κ1) is 19.1. The molecule has 7 heteroatoms.